The smallest absolute Gasteiger partial charge is 0.169 e. The van der Waals surface area contributed by atoms with Crippen molar-refractivity contribution in [2.75, 3.05) is 11.5 Å². The fraction of sp³-hybridized carbons (Fsp3) is 0.118. The Hall–Kier alpha value is -2.75. The van der Waals surface area contributed by atoms with Gasteiger partial charge >= 0.3 is 0 Å². The molecule has 0 saturated heterocycles. The van der Waals surface area contributed by atoms with Gasteiger partial charge in [-0.15, -0.1) is 0 Å². The van der Waals surface area contributed by atoms with Gasteiger partial charge in [-0.25, -0.2) is 0 Å². The van der Waals surface area contributed by atoms with E-state index in [1.54, 1.807) is 0 Å². The minimum absolute atomic E-state index is 0.377. The summed E-state index contributed by atoms with van der Waals surface area (Å²) in [7, 11) is 0. The van der Waals surface area contributed by atoms with Gasteiger partial charge in [-0.1, -0.05) is 54.1 Å². The number of aryl methyl sites for hydroxylation is 1. The molecular formula is C17H18N4. The Morgan fingerprint density at radius 1 is 1.00 bits per heavy atom. The number of aromatic nitrogens is 2. The van der Waals surface area contributed by atoms with Crippen LogP contribution in [-0.4, -0.2) is 9.78 Å². The fourth-order valence-corrected chi connectivity index (χ4v) is 2.46. The molecule has 4 nitrogen and oxygen atoms in total. The standard InChI is InChI=1S/C17H18N4/c1-12-6-5-9-14(10-12)16-15(18)17(19)20-21(16)11-13-7-3-2-4-8-13/h2-10H,11,18H2,1H3,(H2,19,20). The molecule has 1 aromatic heterocycles. The van der Waals surface area contributed by atoms with Gasteiger partial charge in [0.25, 0.3) is 0 Å². The van der Waals surface area contributed by atoms with Gasteiger partial charge in [-0.3, -0.25) is 4.68 Å². The predicted molar refractivity (Wildman–Crippen MR) is 86.8 cm³/mol. The van der Waals surface area contributed by atoms with Crippen molar-refractivity contribution in [2.45, 2.75) is 13.5 Å². The Morgan fingerprint density at radius 2 is 1.76 bits per heavy atom. The molecule has 1 heterocycles. The van der Waals surface area contributed by atoms with E-state index in [4.69, 9.17) is 11.5 Å². The van der Waals surface area contributed by atoms with Crippen LogP contribution in [0.4, 0.5) is 11.5 Å². The summed E-state index contributed by atoms with van der Waals surface area (Å²) in [6, 6.07) is 18.3. The summed E-state index contributed by atoms with van der Waals surface area (Å²) in [6.45, 7) is 2.70. The minimum Gasteiger partial charge on any atom is -0.394 e. The topological polar surface area (TPSA) is 69.9 Å². The van der Waals surface area contributed by atoms with E-state index in [-0.39, 0.29) is 0 Å². The molecule has 3 aromatic rings. The van der Waals surface area contributed by atoms with Gasteiger partial charge in [0.15, 0.2) is 5.82 Å². The molecule has 4 N–H and O–H groups in total. The summed E-state index contributed by atoms with van der Waals surface area (Å²) in [6.07, 6.45) is 0. The summed E-state index contributed by atoms with van der Waals surface area (Å²) in [5, 5.41) is 4.38. The molecule has 3 rings (SSSR count). The first-order valence-electron chi connectivity index (χ1n) is 6.88. The maximum absolute atomic E-state index is 6.13. The molecule has 0 bridgehead atoms. The monoisotopic (exact) mass is 278 g/mol. The highest BCUT2D eigenvalue weighted by atomic mass is 15.3. The molecule has 0 saturated carbocycles. The van der Waals surface area contributed by atoms with Crippen molar-refractivity contribution in [3.8, 4) is 11.3 Å². The zero-order valence-corrected chi connectivity index (χ0v) is 12.0. The molecule has 0 amide bonds. The lowest BCUT2D eigenvalue weighted by molar-refractivity contribution is 0.698. The molecule has 0 aliphatic carbocycles. The normalized spacial score (nSPS) is 10.7. The second kappa shape index (κ2) is 5.32. The predicted octanol–water partition coefficient (Wildman–Crippen LogP) is 3.07. The van der Waals surface area contributed by atoms with E-state index < -0.39 is 0 Å². The molecule has 0 unspecified atom stereocenters. The van der Waals surface area contributed by atoms with Gasteiger partial charge in [0.2, 0.25) is 0 Å². The molecule has 0 fully saturated rings. The third-order valence-corrected chi connectivity index (χ3v) is 3.48. The first-order valence-corrected chi connectivity index (χ1v) is 6.88. The highest BCUT2D eigenvalue weighted by Gasteiger charge is 2.15. The van der Waals surface area contributed by atoms with E-state index in [1.165, 1.54) is 5.56 Å². The Balaban J connectivity index is 2.08. The summed E-state index contributed by atoms with van der Waals surface area (Å²) >= 11 is 0. The van der Waals surface area contributed by atoms with Crippen molar-refractivity contribution in [3.63, 3.8) is 0 Å². The molecule has 106 valence electrons. The number of nitrogens with zero attached hydrogens (tertiary/aromatic N) is 2. The average molecular weight is 278 g/mol. The lowest BCUT2D eigenvalue weighted by atomic mass is 10.1. The Labute approximate surface area is 124 Å². The average Bonchev–Trinajstić information content (AvgIpc) is 2.75. The number of hydrogen-bond acceptors (Lipinski definition) is 3. The van der Waals surface area contributed by atoms with Crippen LogP contribution in [0, 0.1) is 6.92 Å². The van der Waals surface area contributed by atoms with Crippen molar-refractivity contribution in [3.05, 3.63) is 65.7 Å². The Kier molecular flexibility index (Phi) is 3.36. The van der Waals surface area contributed by atoms with Crippen molar-refractivity contribution in [1.29, 1.82) is 0 Å². The highest BCUT2D eigenvalue weighted by Crippen LogP contribution is 2.31. The van der Waals surface area contributed by atoms with Gasteiger partial charge in [-0.2, -0.15) is 5.10 Å². The molecule has 0 aliphatic rings. The van der Waals surface area contributed by atoms with Crippen LogP contribution in [0.3, 0.4) is 0 Å². The molecule has 0 spiro atoms. The lowest BCUT2D eigenvalue weighted by Gasteiger charge is -2.09. The quantitative estimate of drug-likeness (QED) is 0.773. The first kappa shape index (κ1) is 13.2. The maximum Gasteiger partial charge on any atom is 0.169 e. The van der Waals surface area contributed by atoms with Crippen molar-refractivity contribution >= 4 is 11.5 Å². The fourth-order valence-electron chi connectivity index (χ4n) is 2.46. The maximum atomic E-state index is 6.13. The second-order valence-corrected chi connectivity index (χ2v) is 5.16. The van der Waals surface area contributed by atoms with Crippen LogP contribution in [0.15, 0.2) is 54.6 Å². The summed E-state index contributed by atoms with van der Waals surface area (Å²) < 4.78 is 1.87. The Morgan fingerprint density at radius 3 is 2.48 bits per heavy atom. The van der Waals surface area contributed by atoms with Gasteiger partial charge < -0.3 is 11.5 Å². The molecular weight excluding hydrogens is 260 g/mol. The summed E-state index contributed by atoms with van der Waals surface area (Å²) in [5.74, 6) is 0.377. The molecule has 21 heavy (non-hydrogen) atoms. The lowest BCUT2D eigenvalue weighted by Crippen LogP contribution is -2.04. The first-order chi connectivity index (χ1) is 10.1. The molecule has 0 radical (unpaired) electrons. The van der Waals surface area contributed by atoms with Gasteiger partial charge in [0, 0.05) is 5.56 Å². The van der Waals surface area contributed by atoms with E-state index in [0.717, 1.165) is 16.8 Å². The third kappa shape index (κ3) is 2.60. The third-order valence-electron chi connectivity index (χ3n) is 3.48. The van der Waals surface area contributed by atoms with E-state index in [9.17, 15) is 0 Å². The van der Waals surface area contributed by atoms with E-state index in [0.29, 0.717) is 18.1 Å². The van der Waals surface area contributed by atoms with Crippen LogP contribution < -0.4 is 11.5 Å². The Bertz CT molecular complexity index is 760. The van der Waals surface area contributed by atoms with E-state index in [1.807, 2.05) is 35.0 Å². The largest absolute Gasteiger partial charge is 0.394 e. The zero-order chi connectivity index (χ0) is 14.8. The van der Waals surface area contributed by atoms with Crippen LogP contribution in [-0.2, 0) is 6.54 Å². The summed E-state index contributed by atoms with van der Waals surface area (Å²) in [5.41, 5.74) is 16.8. The minimum atomic E-state index is 0.377. The zero-order valence-electron chi connectivity index (χ0n) is 12.0. The number of rotatable bonds is 3. The van der Waals surface area contributed by atoms with Crippen LogP contribution in [0.1, 0.15) is 11.1 Å². The number of nitrogens with two attached hydrogens (primary N) is 2. The van der Waals surface area contributed by atoms with Crippen LogP contribution >= 0.6 is 0 Å². The SMILES string of the molecule is Cc1cccc(-c2c(N)c(N)nn2Cc2ccccc2)c1. The highest BCUT2D eigenvalue weighted by molar-refractivity contribution is 5.80. The molecule has 0 atom stereocenters. The van der Waals surface area contributed by atoms with Crippen molar-refractivity contribution < 1.29 is 0 Å². The molecule has 4 heteroatoms. The van der Waals surface area contributed by atoms with Crippen LogP contribution in [0.25, 0.3) is 11.3 Å². The van der Waals surface area contributed by atoms with E-state index in [2.05, 4.69) is 36.3 Å². The van der Waals surface area contributed by atoms with Gasteiger partial charge in [0.1, 0.15) is 5.69 Å². The van der Waals surface area contributed by atoms with Gasteiger partial charge in [0.05, 0.1) is 12.2 Å². The number of benzene rings is 2. The number of nitrogen functional groups attached to an aromatic ring is 2. The van der Waals surface area contributed by atoms with E-state index >= 15 is 0 Å². The molecule has 0 aliphatic heterocycles. The van der Waals surface area contributed by atoms with Crippen LogP contribution in [0.5, 0.6) is 0 Å². The number of hydrogen-bond donors (Lipinski definition) is 2. The second-order valence-electron chi connectivity index (χ2n) is 5.16. The molecule has 2 aromatic carbocycles. The van der Waals surface area contributed by atoms with Gasteiger partial charge in [-0.05, 0) is 18.6 Å². The van der Waals surface area contributed by atoms with Crippen molar-refractivity contribution in [2.24, 2.45) is 0 Å². The number of anilines is 2. The summed E-state index contributed by atoms with van der Waals surface area (Å²) in [4.78, 5) is 0. The van der Waals surface area contributed by atoms with Crippen molar-refractivity contribution in [1.82, 2.24) is 9.78 Å². The van der Waals surface area contributed by atoms with Crippen LogP contribution in [0.2, 0.25) is 0 Å².